The van der Waals surface area contributed by atoms with Crippen LogP contribution in [0.4, 0.5) is 10.1 Å². The summed E-state index contributed by atoms with van der Waals surface area (Å²) in [5, 5.41) is 11.4. The smallest absolute Gasteiger partial charge is 0.265 e. The molecule has 0 aliphatic carbocycles. The van der Waals surface area contributed by atoms with Gasteiger partial charge >= 0.3 is 0 Å². The van der Waals surface area contributed by atoms with Crippen molar-refractivity contribution in [3.8, 4) is 11.8 Å². The molecule has 0 spiro atoms. The number of nitrogens with one attached hydrogen (secondary N) is 1. The Morgan fingerprint density at radius 3 is 2.71 bits per heavy atom. The topological polar surface area (TPSA) is 62.1 Å². The lowest BCUT2D eigenvalue weighted by Gasteiger charge is -2.16. The predicted octanol–water partition coefficient (Wildman–Crippen LogP) is 4.24. The highest BCUT2D eigenvalue weighted by Crippen LogP contribution is 2.27. The largest absolute Gasteiger partial charge is 0.481 e. The number of ether oxygens (including phenoxy) is 1. The molecular formula is C18H17FN2O2S. The first-order valence-corrected chi connectivity index (χ1v) is 8.40. The molecule has 0 saturated carbocycles. The van der Waals surface area contributed by atoms with Gasteiger partial charge in [-0.15, -0.1) is 11.8 Å². The van der Waals surface area contributed by atoms with Crippen LogP contribution in [0.2, 0.25) is 0 Å². The third-order valence-corrected chi connectivity index (χ3v) is 4.19. The van der Waals surface area contributed by atoms with Gasteiger partial charge in [0.25, 0.3) is 5.91 Å². The van der Waals surface area contributed by atoms with Gasteiger partial charge < -0.3 is 10.1 Å². The van der Waals surface area contributed by atoms with Crippen LogP contribution in [0.3, 0.4) is 0 Å². The van der Waals surface area contributed by atoms with E-state index in [2.05, 4.69) is 11.4 Å². The Kier molecular flexibility index (Phi) is 6.64. The minimum absolute atomic E-state index is 0.298. The molecule has 2 aromatic carbocycles. The Morgan fingerprint density at radius 1 is 1.29 bits per heavy atom. The lowest BCUT2D eigenvalue weighted by Crippen LogP contribution is -2.30. The quantitative estimate of drug-likeness (QED) is 0.603. The third-order valence-electron chi connectivity index (χ3n) is 3.11. The molecule has 0 bridgehead atoms. The van der Waals surface area contributed by atoms with Crippen molar-refractivity contribution in [1.82, 2.24) is 0 Å². The van der Waals surface area contributed by atoms with Crippen LogP contribution in [-0.2, 0) is 4.79 Å². The van der Waals surface area contributed by atoms with Gasteiger partial charge in [0.05, 0.1) is 11.8 Å². The highest BCUT2D eigenvalue weighted by Gasteiger charge is 2.16. The van der Waals surface area contributed by atoms with E-state index in [0.29, 0.717) is 23.6 Å². The van der Waals surface area contributed by atoms with Crippen LogP contribution in [0.1, 0.15) is 13.3 Å². The third kappa shape index (κ3) is 5.28. The van der Waals surface area contributed by atoms with Crippen molar-refractivity contribution in [2.75, 3.05) is 11.1 Å². The maximum Gasteiger partial charge on any atom is 0.265 e. The second-order valence-corrected chi connectivity index (χ2v) is 6.09. The normalized spacial score (nSPS) is 11.4. The zero-order valence-electron chi connectivity index (χ0n) is 13.2. The number of nitrogens with zero attached hydrogens (tertiary/aromatic N) is 1. The fraction of sp³-hybridized carbons (Fsp3) is 0.222. The van der Waals surface area contributed by atoms with Gasteiger partial charge in [-0.25, -0.2) is 4.39 Å². The number of hydrogen-bond acceptors (Lipinski definition) is 4. The summed E-state index contributed by atoms with van der Waals surface area (Å²) in [7, 11) is 0. The first kappa shape index (κ1) is 17.8. The average Bonchev–Trinajstić information content (AvgIpc) is 2.58. The maximum atomic E-state index is 12.9. The van der Waals surface area contributed by atoms with Gasteiger partial charge in [0, 0.05) is 17.1 Å². The Bertz CT molecular complexity index is 729. The van der Waals surface area contributed by atoms with E-state index in [1.807, 2.05) is 18.2 Å². The van der Waals surface area contributed by atoms with Gasteiger partial charge in [0.2, 0.25) is 0 Å². The number of para-hydroxylation sites is 1. The summed E-state index contributed by atoms with van der Waals surface area (Å²) in [5.41, 5.74) is 0.681. The summed E-state index contributed by atoms with van der Waals surface area (Å²) in [6, 6.07) is 15.0. The molecule has 1 N–H and O–H groups in total. The van der Waals surface area contributed by atoms with Crippen molar-refractivity contribution in [3.63, 3.8) is 0 Å². The van der Waals surface area contributed by atoms with E-state index in [1.165, 1.54) is 36.0 Å². The number of hydrogen-bond donors (Lipinski definition) is 1. The van der Waals surface area contributed by atoms with Crippen LogP contribution in [0.25, 0.3) is 0 Å². The summed E-state index contributed by atoms with van der Waals surface area (Å²) < 4.78 is 18.4. The number of rotatable bonds is 7. The van der Waals surface area contributed by atoms with E-state index in [4.69, 9.17) is 10.00 Å². The van der Waals surface area contributed by atoms with Gasteiger partial charge in [-0.05, 0) is 43.3 Å². The van der Waals surface area contributed by atoms with Crippen LogP contribution >= 0.6 is 11.8 Å². The van der Waals surface area contributed by atoms with E-state index < -0.39 is 6.10 Å². The van der Waals surface area contributed by atoms with Gasteiger partial charge in [-0.3, -0.25) is 4.79 Å². The van der Waals surface area contributed by atoms with Crippen molar-refractivity contribution < 1.29 is 13.9 Å². The van der Waals surface area contributed by atoms with E-state index in [-0.39, 0.29) is 11.7 Å². The van der Waals surface area contributed by atoms with Crippen molar-refractivity contribution >= 4 is 23.4 Å². The molecule has 0 heterocycles. The molecule has 0 aliphatic heterocycles. The Morgan fingerprint density at radius 2 is 2.00 bits per heavy atom. The Balaban J connectivity index is 1.98. The van der Waals surface area contributed by atoms with E-state index in [1.54, 1.807) is 13.0 Å². The number of thioether (sulfide) groups is 1. The Hall–Kier alpha value is -2.52. The molecule has 4 nitrogen and oxygen atoms in total. The minimum Gasteiger partial charge on any atom is -0.481 e. The van der Waals surface area contributed by atoms with Crippen molar-refractivity contribution in [3.05, 3.63) is 54.3 Å². The second-order valence-electron chi connectivity index (χ2n) is 4.96. The molecule has 24 heavy (non-hydrogen) atoms. The molecule has 0 saturated heterocycles. The molecule has 0 radical (unpaired) electrons. The van der Waals surface area contributed by atoms with E-state index in [0.717, 1.165) is 4.90 Å². The zero-order valence-corrected chi connectivity index (χ0v) is 14.0. The standard InChI is InChI=1S/C18H17FN2O2S/c1-13(23-15-9-7-14(19)8-10-15)18(22)21-16-5-2-3-6-17(16)24-12-4-11-20/h2-3,5-10,13H,4,12H2,1H3,(H,21,22). The number of halogens is 1. The van der Waals surface area contributed by atoms with Crippen LogP contribution < -0.4 is 10.1 Å². The van der Waals surface area contributed by atoms with Crippen LogP contribution in [0, 0.1) is 17.1 Å². The number of anilines is 1. The van der Waals surface area contributed by atoms with Gasteiger partial charge in [-0.2, -0.15) is 5.26 Å². The fourth-order valence-electron chi connectivity index (χ4n) is 1.91. The molecule has 6 heteroatoms. The first-order valence-electron chi connectivity index (χ1n) is 7.42. The zero-order chi connectivity index (χ0) is 17.4. The molecule has 0 fully saturated rings. The van der Waals surface area contributed by atoms with Crippen LogP contribution in [0.15, 0.2) is 53.4 Å². The van der Waals surface area contributed by atoms with Crippen LogP contribution in [-0.4, -0.2) is 17.8 Å². The number of carbonyl (C=O) groups excluding carboxylic acids is 1. The molecule has 2 rings (SSSR count). The summed E-state index contributed by atoms with van der Waals surface area (Å²) >= 11 is 1.51. The fourth-order valence-corrected chi connectivity index (χ4v) is 2.77. The predicted molar refractivity (Wildman–Crippen MR) is 92.5 cm³/mol. The van der Waals surface area contributed by atoms with E-state index in [9.17, 15) is 9.18 Å². The first-order chi connectivity index (χ1) is 11.6. The SMILES string of the molecule is CC(Oc1ccc(F)cc1)C(=O)Nc1ccccc1SCCC#N. The van der Waals surface area contributed by atoms with Crippen LogP contribution in [0.5, 0.6) is 5.75 Å². The number of amides is 1. The Labute approximate surface area is 144 Å². The van der Waals surface area contributed by atoms with Crippen molar-refractivity contribution in [1.29, 1.82) is 5.26 Å². The summed E-state index contributed by atoms with van der Waals surface area (Å²) in [6.07, 6.45) is -0.288. The summed E-state index contributed by atoms with van der Waals surface area (Å²) in [6.45, 7) is 1.63. The number of carbonyl (C=O) groups is 1. The molecule has 0 aromatic heterocycles. The van der Waals surface area contributed by atoms with Crippen molar-refractivity contribution in [2.45, 2.75) is 24.3 Å². The molecule has 124 valence electrons. The highest BCUT2D eigenvalue weighted by molar-refractivity contribution is 7.99. The number of nitriles is 1. The summed E-state index contributed by atoms with van der Waals surface area (Å²) in [4.78, 5) is 13.2. The molecule has 1 unspecified atom stereocenters. The maximum absolute atomic E-state index is 12.9. The lowest BCUT2D eigenvalue weighted by atomic mass is 10.3. The monoisotopic (exact) mass is 344 g/mol. The van der Waals surface area contributed by atoms with Gasteiger partial charge in [-0.1, -0.05) is 12.1 Å². The van der Waals surface area contributed by atoms with Gasteiger partial charge in [0.15, 0.2) is 6.10 Å². The number of benzene rings is 2. The molecule has 2 aromatic rings. The molecular weight excluding hydrogens is 327 g/mol. The molecule has 0 aliphatic rings. The molecule has 1 amide bonds. The minimum atomic E-state index is -0.729. The lowest BCUT2D eigenvalue weighted by molar-refractivity contribution is -0.122. The average molecular weight is 344 g/mol. The highest BCUT2D eigenvalue weighted by atomic mass is 32.2. The second kappa shape index (κ2) is 8.94. The molecule has 1 atom stereocenters. The summed E-state index contributed by atoms with van der Waals surface area (Å²) in [5.74, 6) is 0.427. The van der Waals surface area contributed by atoms with Gasteiger partial charge in [0.1, 0.15) is 11.6 Å². The van der Waals surface area contributed by atoms with E-state index >= 15 is 0 Å². The van der Waals surface area contributed by atoms with Crippen molar-refractivity contribution in [2.24, 2.45) is 0 Å².